The molecule has 0 aliphatic carbocycles. The largest absolute Gasteiger partial charge is 0.370 e. The predicted molar refractivity (Wildman–Crippen MR) is 106 cm³/mol. The standard InChI is InChI=1S/C17H34N4.HI/c1-14-7-10-20(11-8-14)16(18)19-13-17(3,4)21-9-5-6-15(2)12-21;/h14-15H,5-13H2,1-4H3,(H2,18,19);1H. The fourth-order valence-electron chi connectivity index (χ4n) is 3.45. The summed E-state index contributed by atoms with van der Waals surface area (Å²) in [5, 5.41) is 0. The molecule has 1 atom stereocenters. The minimum Gasteiger partial charge on any atom is -0.370 e. The average Bonchev–Trinajstić information content (AvgIpc) is 2.45. The number of halogens is 1. The van der Waals surface area contributed by atoms with Crippen molar-refractivity contribution in [2.45, 2.75) is 58.9 Å². The van der Waals surface area contributed by atoms with Gasteiger partial charge in [0.1, 0.15) is 0 Å². The quantitative estimate of drug-likeness (QED) is 0.432. The number of rotatable bonds is 3. The normalized spacial score (nSPS) is 25.9. The number of nitrogens with zero attached hydrogens (tertiary/aromatic N) is 3. The maximum atomic E-state index is 6.22. The SMILES string of the molecule is CC1CCN(C(N)=NCC(C)(C)N2CCCC(C)C2)CC1.I. The van der Waals surface area contributed by atoms with Crippen molar-refractivity contribution in [1.82, 2.24) is 9.80 Å². The highest BCUT2D eigenvalue weighted by Gasteiger charge is 2.30. The van der Waals surface area contributed by atoms with Crippen molar-refractivity contribution < 1.29 is 0 Å². The Bertz CT molecular complexity index is 362. The van der Waals surface area contributed by atoms with E-state index in [-0.39, 0.29) is 29.5 Å². The Morgan fingerprint density at radius 3 is 2.32 bits per heavy atom. The summed E-state index contributed by atoms with van der Waals surface area (Å²) in [7, 11) is 0. The second kappa shape index (κ2) is 8.71. The van der Waals surface area contributed by atoms with Crippen LogP contribution in [0, 0.1) is 11.8 Å². The van der Waals surface area contributed by atoms with Crippen LogP contribution >= 0.6 is 24.0 Å². The number of piperidine rings is 2. The number of nitrogens with two attached hydrogens (primary N) is 1. The number of hydrogen-bond acceptors (Lipinski definition) is 2. The molecule has 2 N–H and O–H groups in total. The zero-order valence-electron chi connectivity index (χ0n) is 14.8. The van der Waals surface area contributed by atoms with Crippen molar-refractivity contribution in [3.8, 4) is 0 Å². The van der Waals surface area contributed by atoms with Crippen LogP contribution in [0.25, 0.3) is 0 Å². The summed E-state index contributed by atoms with van der Waals surface area (Å²) in [6.45, 7) is 14.6. The molecule has 0 amide bonds. The fraction of sp³-hybridized carbons (Fsp3) is 0.941. The summed E-state index contributed by atoms with van der Waals surface area (Å²) < 4.78 is 0. The third-order valence-electron chi connectivity index (χ3n) is 5.25. The van der Waals surface area contributed by atoms with Gasteiger partial charge in [-0.15, -0.1) is 24.0 Å². The third kappa shape index (κ3) is 5.55. The Morgan fingerprint density at radius 2 is 1.73 bits per heavy atom. The van der Waals surface area contributed by atoms with E-state index in [1.54, 1.807) is 0 Å². The predicted octanol–water partition coefficient (Wildman–Crippen LogP) is 3.16. The molecule has 2 heterocycles. The van der Waals surface area contributed by atoms with Gasteiger partial charge in [0.15, 0.2) is 5.96 Å². The van der Waals surface area contributed by atoms with Crippen molar-refractivity contribution in [1.29, 1.82) is 0 Å². The molecule has 4 nitrogen and oxygen atoms in total. The molecule has 2 saturated heterocycles. The average molecular weight is 422 g/mol. The highest BCUT2D eigenvalue weighted by molar-refractivity contribution is 14.0. The summed E-state index contributed by atoms with van der Waals surface area (Å²) in [6, 6.07) is 0. The van der Waals surface area contributed by atoms with E-state index >= 15 is 0 Å². The molecular formula is C17H35IN4. The molecule has 2 rings (SSSR count). The van der Waals surface area contributed by atoms with E-state index in [1.807, 2.05) is 0 Å². The highest BCUT2D eigenvalue weighted by Crippen LogP contribution is 2.24. The van der Waals surface area contributed by atoms with Gasteiger partial charge in [0.2, 0.25) is 0 Å². The first-order valence-electron chi connectivity index (χ1n) is 8.68. The second-order valence-corrected chi connectivity index (χ2v) is 7.85. The van der Waals surface area contributed by atoms with Gasteiger partial charge in [-0.3, -0.25) is 9.89 Å². The van der Waals surface area contributed by atoms with Crippen LogP contribution in [0.1, 0.15) is 53.4 Å². The van der Waals surface area contributed by atoms with E-state index in [2.05, 4.69) is 37.5 Å². The molecular weight excluding hydrogens is 387 g/mol. The van der Waals surface area contributed by atoms with Crippen LogP contribution in [-0.2, 0) is 0 Å². The van der Waals surface area contributed by atoms with Crippen molar-refractivity contribution >= 4 is 29.9 Å². The molecule has 22 heavy (non-hydrogen) atoms. The van der Waals surface area contributed by atoms with E-state index < -0.39 is 0 Å². The highest BCUT2D eigenvalue weighted by atomic mass is 127. The van der Waals surface area contributed by atoms with E-state index in [1.165, 1.54) is 38.8 Å². The molecule has 0 spiro atoms. The molecule has 0 aromatic carbocycles. The van der Waals surface area contributed by atoms with Crippen LogP contribution < -0.4 is 5.73 Å². The van der Waals surface area contributed by atoms with Gasteiger partial charge in [0.05, 0.1) is 6.54 Å². The van der Waals surface area contributed by atoms with Crippen LogP contribution in [0.2, 0.25) is 0 Å². The number of guanidine groups is 1. The first-order valence-corrected chi connectivity index (χ1v) is 8.68. The van der Waals surface area contributed by atoms with Gasteiger partial charge in [-0.1, -0.05) is 13.8 Å². The minimum atomic E-state index is 0. The van der Waals surface area contributed by atoms with Gasteiger partial charge in [0.25, 0.3) is 0 Å². The summed E-state index contributed by atoms with van der Waals surface area (Å²) in [5.41, 5.74) is 6.33. The minimum absolute atomic E-state index is 0. The molecule has 0 aromatic heterocycles. The maximum Gasteiger partial charge on any atom is 0.191 e. The van der Waals surface area contributed by atoms with Crippen molar-refractivity contribution in [2.75, 3.05) is 32.7 Å². The molecule has 2 fully saturated rings. The van der Waals surface area contributed by atoms with E-state index in [0.29, 0.717) is 0 Å². The fourth-order valence-corrected chi connectivity index (χ4v) is 3.45. The Labute approximate surface area is 153 Å². The zero-order chi connectivity index (χ0) is 15.5. The number of likely N-dealkylation sites (tertiary alicyclic amines) is 2. The number of hydrogen-bond donors (Lipinski definition) is 1. The van der Waals surface area contributed by atoms with Gasteiger partial charge in [-0.05, 0) is 57.9 Å². The van der Waals surface area contributed by atoms with Crippen LogP contribution in [0.15, 0.2) is 4.99 Å². The van der Waals surface area contributed by atoms with Crippen LogP contribution in [0.3, 0.4) is 0 Å². The van der Waals surface area contributed by atoms with Crippen LogP contribution in [0.5, 0.6) is 0 Å². The lowest BCUT2D eigenvalue weighted by atomic mass is 9.93. The van der Waals surface area contributed by atoms with Gasteiger partial charge in [-0.2, -0.15) is 0 Å². The monoisotopic (exact) mass is 422 g/mol. The smallest absolute Gasteiger partial charge is 0.191 e. The van der Waals surface area contributed by atoms with Gasteiger partial charge < -0.3 is 10.6 Å². The summed E-state index contributed by atoms with van der Waals surface area (Å²) in [4.78, 5) is 9.58. The maximum absolute atomic E-state index is 6.22. The van der Waals surface area contributed by atoms with Crippen molar-refractivity contribution in [3.05, 3.63) is 0 Å². The summed E-state index contributed by atoms with van der Waals surface area (Å²) in [5.74, 6) is 2.39. The molecule has 130 valence electrons. The topological polar surface area (TPSA) is 44.9 Å². The third-order valence-corrected chi connectivity index (χ3v) is 5.25. The molecule has 2 aliphatic rings. The molecule has 0 radical (unpaired) electrons. The Morgan fingerprint density at radius 1 is 1.09 bits per heavy atom. The van der Waals surface area contributed by atoms with Crippen LogP contribution in [0.4, 0.5) is 0 Å². The van der Waals surface area contributed by atoms with E-state index in [4.69, 9.17) is 10.7 Å². The molecule has 2 aliphatic heterocycles. The Kier molecular flexibility index (Phi) is 7.92. The Balaban J connectivity index is 0.00000242. The molecule has 1 unspecified atom stereocenters. The second-order valence-electron chi connectivity index (χ2n) is 7.85. The first kappa shape index (κ1) is 20.0. The summed E-state index contributed by atoms with van der Waals surface area (Å²) >= 11 is 0. The first-order chi connectivity index (χ1) is 9.88. The Hall–Kier alpha value is -0.0400. The number of aliphatic imine (C=N–C) groups is 1. The molecule has 0 saturated carbocycles. The van der Waals surface area contributed by atoms with Gasteiger partial charge in [0, 0.05) is 25.2 Å². The molecule has 0 bridgehead atoms. The lowest BCUT2D eigenvalue weighted by Crippen LogP contribution is -2.51. The summed E-state index contributed by atoms with van der Waals surface area (Å²) in [6.07, 6.45) is 5.16. The van der Waals surface area contributed by atoms with E-state index in [0.717, 1.165) is 37.4 Å². The van der Waals surface area contributed by atoms with Gasteiger partial charge in [-0.25, -0.2) is 0 Å². The van der Waals surface area contributed by atoms with Crippen LogP contribution in [-0.4, -0.2) is 54.0 Å². The van der Waals surface area contributed by atoms with Gasteiger partial charge >= 0.3 is 0 Å². The molecule has 5 heteroatoms. The molecule has 0 aromatic rings. The lowest BCUT2D eigenvalue weighted by molar-refractivity contribution is 0.0772. The lowest BCUT2D eigenvalue weighted by Gasteiger charge is -2.42. The van der Waals surface area contributed by atoms with Crippen molar-refractivity contribution in [2.24, 2.45) is 22.6 Å². The zero-order valence-corrected chi connectivity index (χ0v) is 17.2. The van der Waals surface area contributed by atoms with E-state index in [9.17, 15) is 0 Å². The van der Waals surface area contributed by atoms with Crippen molar-refractivity contribution in [3.63, 3.8) is 0 Å².